The minimum absolute atomic E-state index is 0.0538. The molecule has 0 radical (unpaired) electrons. The van der Waals surface area contributed by atoms with Gasteiger partial charge in [-0.15, -0.1) is 0 Å². The topological polar surface area (TPSA) is 464 Å². The molecular weight excluding hydrogens is 1770 g/mol. The van der Waals surface area contributed by atoms with Crippen molar-refractivity contribution in [3.05, 3.63) is 97.9 Å². The first-order chi connectivity index (χ1) is 64.1. The van der Waals surface area contributed by atoms with Crippen LogP contribution in [-0.2, 0) is 57.0 Å². The molecule has 3 aromatic carbocycles. The third kappa shape index (κ3) is 23.4. The van der Waals surface area contributed by atoms with E-state index >= 15 is 0 Å². The van der Waals surface area contributed by atoms with Crippen molar-refractivity contribution in [1.82, 2.24) is 24.6 Å². The second-order valence-electron chi connectivity index (χ2n) is 41.5. The lowest BCUT2D eigenvalue weighted by Gasteiger charge is -2.48. The molecular formula is C101H152FN9O26. The number of aliphatic hydroxyl groups is 7. The lowest BCUT2D eigenvalue weighted by Crippen LogP contribution is -2.60. The molecule has 35 nitrogen and oxygen atoms in total. The molecule has 1 aromatic heterocycles. The molecule has 9 heterocycles. The van der Waals surface area contributed by atoms with Crippen LogP contribution in [0.5, 0.6) is 17.2 Å². The molecule has 1 amide bonds. The molecule has 0 unspecified atom stereocenters. The number of carbonyl (C=O) groups excluding carboxylic acids is 4. The van der Waals surface area contributed by atoms with Crippen molar-refractivity contribution in [2.45, 2.75) is 322 Å². The third-order valence-electron chi connectivity index (χ3n) is 29.9. The molecule has 4 bridgehead atoms. The molecule has 1 saturated carbocycles. The highest BCUT2D eigenvalue weighted by Gasteiger charge is 2.56. The van der Waals surface area contributed by atoms with Gasteiger partial charge in [0.2, 0.25) is 5.43 Å². The smallest absolute Gasteiger partial charge is 0.341 e. The van der Waals surface area contributed by atoms with Crippen LogP contribution < -0.4 is 36.4 Å². The quantitative estimate of drug-likeness (QED) is 0.0417. The number of phenolic OH excluding ortho intramolecular Hbond substituents is 2. The van der Waals surface area contributed by atoms with Gasteiger partial charge in [0.15, 0.2) is 18.3 Å². The number of fused-ring (bicyclic) bond motifs is 2. The van der Waals surface area contributed by atoms with Crippen LogP contribution in [0.25, 0.3) is 21.7 Å². The van der Waals surface area contributed by atoms with Crippen molar-refractivity contribution in [2.24, 2.45) is 57.3 Å². The number of cyclic esters (lactones) is 1. The number of carboxylic acids is 1. The number of piperazine rings is 1. The third-order valence-corrected chi connectivity index (χ3v) is 29.9. The fraction of sp³-hybridized carbons (Fsp3) is 0.703. The van der Waals surface area contributed by atoms with Gasteiger partial charge in [-0.2, -0.15) is 0 Å². The largest absolute Gasteiger partial charge is 0.507 e. The van der Waals surface area contributed by atoms with Gasteiger partial charge in [-0.25, -0.2) is 14.2 Å². The summed E-state index contributed by atoms with van der Waals surface area (Å²) < 4.78 is 78.0. The molecule has 27 atom stereocenters. The van der Waals surface area contributed by atoms with Crippen LogP contribution in [0.1, 0.15) is 215 Å². The highest BCUT2D eigenvalue weighted by molar-refractivity contribution is 6.22. The van der Waals surface area contributed by atoms with Gasteiger partial charge in [0.25, 0.3) is 11.7 Å². The minimum atomic E-state index is -1.95. The first kappa shape index (κ1) is 109. The highest BCUT2D eigenvalue weighted by atomic mass is 19.1. The van der Waals surface area contributed by atoms with Crippen molar-refractivity contribution in [1.29, 1.82) is 0 Å². The van der Waals surface area contributed by atoms with E-state index in [1.807, 2.05) is 61.2 Å². The molecule has 1 aliphatic carbocycles. The molecule has 6 fully saturated rings. The summed E-state index contributed by atoms with van der Waals surface area (Å²) in [6, 6.07) is 2.27. The number of anilines is 2. The number of nitrogens with one attached hydrogen (secondary N) is 2. The maximum atomic E-state index is 14.7. The molecule has 5 saturated heterocycles. The number of amides is 1. The zero-order valence-electron chi connectivity index (χ0n) is 84.4. The van der Waals surface area contributed by atoms with Crippen molar-refractivity contribution in [3.63, 3.8) is 0 Å². The van der Waals surface area contributed by atoms with E-state index in [-0.39, 0.29) is 104 Å². The second kappa shape index (κ2) is 44.1. The number of phenols is 2. The Balaban J connectivity index is 0.000000213. The van der Waals surface area contributed by atoms with Crippen LogP contribution in [0.4, 0.5) is 15.8 Å². The molecule has 1 spiro atoms. The lowest BCUT2D eigenvalue weighted by molar-refractivity contribution is -0.318. The number of allylic oxidation sites excluding steroid dienone is 2. The Hall–Kier alpha value is -8.25. The molecule has 36 heteroatoms. The summed E-state index contributed by atoms with van der Waals surface area (Å²) in [6.45, 7) is 40.6. The Bertz CT molecular complexity index is 5280. The van der Waals surface area contributed by atoms with E-state index in [1.165, 1.54) is 53.5 Å². The fourth-order valence-electron chi connectivity index (χ4n) is 21.3. The van der Waals surface area contributed by atoms with Gasteiger partial charge in [-0.3, -0.25) is 29.0 Å². The maximum absolute atomic E-state index is 14.7. The zero-order chi connectivity index (χ0) is 101. The van der Waals surface area contributed by atoms with Gasteiger partial charge in [0, 0.05) is 176 Å². The van der Waals surface area contributed by atoms with Crippen molar-refractivity contribution < 1.29 is 127 Å². The van der Waals surface area contributed by atoms with Gasteiger partial charge >= 0.3 is 23.7 Å². The van der Waals surface area contributed by atoms with E-state index in [1.54, 1.807) is 113 Å². The van der Waals surface area contributed by atoms with E-state index in [9.17, 15) is 84.2 Å². The number of hydrogen-bond acceptors (Lipinski definition) is 32. The van der Waals surface area contributed by atoms with E-state index in [0.29, 0.717) is 61.7 Å². The number of ketones is 1. The van der Waals surface area contributed by atoms with E-state index in [2.05, 4.69) is 34.4 Å². The van der Waals surface area contributed by atoms with Gasteiger partial charge in [0.1, 0.15) is 75.4 Å². The number of likely N-dealkylation sites (tertiary alicyclic amines) is 1. The maximum Gasteiger partial charge on any atom is 0.341 e. The van der Waals surface area contributed by atoms with E-state index in [0.717, 1.165) is 45.6 Å². The predicted octanol–water partition coefficient (Wildman–Crippen LogP) is 8.23. The van der Waals surface area contributed by atoms with Crippen LogP contribution >= 0.6 is 0 Å². The number of rotatable bonds is 14. The van der Waals surface area contributed by atoms with Gasteiger partial charge in [-0.05, 0) is 146 Å². The van der Waals surface area contributed by atoms with Gasteiger partial charge in [0.05, 0.1) is 94.0 Å². The van der Waals surface area contributed by atoms with Crippen LogP contribution in [0.15, 0.2) is 69.2 Å². The average Bonchev–Trinajstić information content (AvgIpc) is 1.54. The number of benzene rings is 3. The summed E-state index contributed by atoms with van der Waals surface area (Å²) in [4.78, 5) is 96.6. The molecule has 12 N–H and O–H groups in total. The van der Waals surface area contributed by atoms with Crippen molar-refractivity contribution in [3.8, 4) is 17.2 Å². The molecule has 764 valence electrons. The zero-order valence-corrected chi connectivity index (χ0v) is 84.4. The molecule has 13 rings (SSSR count). The average molecular weight is 1930 g/mol. The number of halogens is 1. The number of methoxy groups -OCH3 is 2. The normalized spacial score (nSPS) is 36.5. The number of aliphatic hydroxyl groups excluding tert-OH is 5. The number of aromatic carboxylic acids is 1. The number of esters is 2. The minimum Gasteiger partial charge on any atom is -0.507 e. The van der Waals surface area contributed by atoms with Gasteiger partial charge in [-0.1, -0.05) is 80.5 Å². The van der Waals surface area contributed by atoms with Crippen LogP contribution in [0.3, 0.4) is 0 Å². The SMILES string of the molecule is CC[C@H]1OC(=O)[C@H](C)[C@@H](O[C@H]2C[C@@](C)(OC)[C@@H](O)[C@H](C)O2)[C@H](C)[C@@H](O[C@@H]2O[C@H](C)C[C@H](N(C)C)[C@H]2O)[C@](C)(O)C[C@@H](C)CN(C)[C@H](C)[C@@H](O)[C@]1(C)O.CO[C@H]1/C=C/O[C@@]2(C)Oc3c(C)c(O)c4c(O)c(c5c(c4c3C2=O)NC2(CCN(CC(C)C)CC2)N=5)=NC(=O)/C(C)=C\C=C\[C@H](C)[C@H](O)[C@@H](C)[C@@H](O)[C@@H](C)[C@H](OC(C)=O)[C@@H]1C.O=C(O)c1cn(C2CC2)c2cc(N3CCNCC3)c(F)cc2c1=O. The Kier molecular flexibility index (Phi) is 35.1. The Morgan fingerprint density at radius 1 is 0.788 bits per heavy atom. The molecule has 8 aliphatic heterocycles. The summed E-state index contributed by atoms with van der Waals surface area (Å²) in [5.41, 5.74) is -4.33. The first-order valence-electron chi connectivity index (χ1n) is 48.5. The number of ether oxygens (including phenoxy) is 10. The van der Waals surface area contributed by atoms with Crippen LogP contribution in [0, 0.1) is 60.1 Å². The lowest BCUT2D eigenvalue weighted by atomic mass is 9.77. The number of Topliss-reactive ketones (excluding diaryl/α,β-unsaturated/α-hetero) is 1. The summed E-state index contributed by atoms with van der Waals surface area (Å²) >= 11 is 0. The summed E-state index contributed by atoms with van der Waals surface area (Å²) in [5, 5.41) is 121. The van der Waals surface area contributed by atoms with Crippen LogP contribution in [-0.4, -0.2) is 314 Å². The number of nitrogens with zero attached hydrogens (tertiary/aromatic N) is 7. The molecule has 4 aromatic rings. The number of aromatic nitrogens is 1. The number of hydrogen-bond donors (Lipinski definition) is 12. The number of aromatic hydroxyl groups is 2. The number of likely N-dealkylation sites (N-methyl/N-ethyl adjacent to an activating group) is 2. The molecule has 137 heavy (non-hydrogen) atoms. The van der Waals surface area contributed by atoms with E-state index < -0.39 is 196 Å². The summed E-state index contributed by atoms with van der Waals surface area (Å²) in [7, 11) is 8.59. The molecule has 9 aliphatic rings. The summed E-state index contributed by atoms with van der Waals surface area (Å²) in [5.74, 6) is -10.9. The number of pyridine rings is 1. The van der Waals surface area contributed by atoms with Crippen LogP contribution in [0.2, 0.25) is 0 Å². The first-order valence-corrected chi connectivity index (χ1v) is 48.5. The fourth-order valence-corrected chi connectivity index (χ4v) is 21.3. The van der Waals surface area contributed by atoms with Gasteiger partial charge < -0.3 is 133 Å². The standard InChI is InChI=1S/C46H62N4O11.C38H72N2O12.C17H18FN3O3/c1-22(2)21-50-18-16-46(17-19-50)48-34-31-32-39(54)28(8)42-33(31)43(56)45(10,61-42)59-20-15-30(58-11)25(5)41(60-29(9)51)27(7)38(53)26(6)37(52)23(3)13-12-14-24(4)44(57)47-36(40(32)55)35(34)49-46;1-15-27-38(10,46)31(42)24(6)40(13)19-20(2)17-36(8,45)33(52-35-29(41)26(39(11)12)16-21(3)48-35)22(4)30(23(5)34(44)50-27)51-28-18-37(9,47-14)32(43)25(7)49-28;18-13-7-11-14(8-15(13)20-5-3-19-4-6-20)21(10-1-2-10)9-12(16(11)22)17(23)24/h12-15,20,22-23,25-27,30,37-38,41,48,52-55H,16-19,21H2,1-11H3;20-33,35,41-43,45-46H,15-19H2,1-14H3;7-10,19H,1-6H2,(H,23,24)/b13-12+,20-15+,24-14-,47-36?;;/t23-,25+,26+,27+,30-,37-,38+,41+,45-;20-,21-,22+,23-,24-,25+,26+,27-,28+,29-,30+,31-,32+,33-,35+,36-,37-,38-;/m01./s1. The second-order valence-corrected chi connectivity index (χ2v) is 41.5. The highest BCUT2D eigenvalue weighted by Crippen LogP contribution is 2.53. The number of carbonyl (C=O) groups is 5. The number of piperidine rings is 1. The van der Waals surface area contributed by atoms with Crippen molar-refractivity contribution >= 4 is 62.6 Å². The monoisotopic (exact) mass is 1930 g/mol. The van der Waals surface area contributed by atoms with E-state index in [4.69, 9.17) is 52.4 Å². The van der Waals surface area contributed by atoms with Crippen molar-refractivity contribution in [2.75, 3.05) is 97.9 Å². The summed E-state index contributed by atoms with van der Waals surface area (Å²) in [6.07, 6.45) is 0.173. The Morgan fingerprint density at radius 2 is 1.45 bits per heavy atom. The predicted molar refractivity (Wildman–Crippen MR) is 510 cm³/mol. The Morgan fingerprint density at radius 3 is 2.04 bits per heavy atom. The Labute approximate surface area is 802 Å². The number of carboxylic acid groups (broad SMARTS) is 1.